The second-order valence-electron chi connectivity index (χ2n) is 9.28. The van der Waals surface area contributed by atoms with E-state index in [1.165, 1.54) is 0 Å². The van der Waals surface area contributed by atoms with Crippen LogP contribution in [0.2, 0.25) is 10.0 Å². The number of halogens is 2. The van der Waals surface area contributed by atoms with E-state index in [-0.39, 0.29) is 18.3 Å². The quantitative estimate of drug-likeness (QED) is 0.315. The number of benzene rings is 3. The molecule has 1 aliphatic heterocycles. The zero-order valence-electron chi connectivity index (χ0n) is 21.3. The second-order valence-corrected chi connectivity index (χ2v) is 10.1. The molecule has 0 amide bonds. The van der Waals surface area contributed by atoms with Gasteiger partial charge in [0.2, 0.25) is 5.62 Å². The molecule has 0 saturated carbocycles. The Kier molecular flexibility index (Phi) is 7.23. The van der Waals surface area contributed by atoms with E-state index < -0.39 is 0 Å². The number of nitrogens with zero attached hydrogens (tertiary/aromatic N) is 2. The summed E-state index contributed by atoms with van der Waals surface area (Å²) in [6.45, 7) is 0.675. The van der Waals surface area contributed by atoms with Crippen LogP contribution >= 0.6 is 23.2 Å². The molecule has 3 aromatic carbocycles. The Morgan fingerprint density at radius 1 is 0.947 bits per heavy atom. The maximum absolute atomic E-state index is 13.8. The van der Waals surface area contributed by atoms with Gasteiger partial charge in [-0.2, -0.15) is 0 Å². The molecule has 5 rings (SSSR count). The van der Waals surface area contributed by atoms with Gasteiger partial charge in [0.1, 0.15) is 5.75 Å². The number of hydrogen-bond donors (Lipinski definition) is 1. The summed E-state index contributed by atoms with van der Waals surface area (Å²) < 4.78 is 20.8. The standard InChI is InChI=1S/C29H27Cl2N3O4/c1-33-8-9-34(29(33)32)15-18-11-21(19-5-7-25(36-2)26(14-19)37-3)28-22(12-18)27(35)20(16-38-28)10-17-4-6-23(30)24(31)13-17/h4-9,11-14,20,32H,10,15-16H2,1-3H3/t20-/m1/s1. The molecule has 0 aliphatic carbocycles. The van der Waals surface area contributed by atoms with Gasteiger partial charge in [-0.05, 0) is 59.5 Å². The van der Waals surface area contributed by atoms with E-state index in [9.17, 15) is 4.79 Å². The largest absolute Gasteiger partial charge is 0.493 e. The Bertz CT molecular complexity index is 1590. The summed E-state index contributed by atoms with van der Waals surface area (Å²) in [6.07, 6.45) is 4.16. The third-order valence-electron chi connectivity index (χ3n) is 6.80. The first kappa shape index (κ1) is 25.9. The summed E-state index contributed by atoms with van der Waals surface area (Å²) in [6, 6.07) is 14.9. The van der Waals surface area contributed by atoms with Crippen LogP contribution in [0.1, 0.15) is 21.5 Å². The minimum Gasteiger partial charge on any atom is -0.493 e. The predicted molar refractivity (Wildman–Crippen MR) is 147 cm³/mol. The van der Waals surface area contributed by atoms with Gasteiger partial charge >= 0.3 is 0 Å². The normalized spacial score (nSPS) is 14.7. The lowest BCUT2D eigenvalue weighted by molar-refractivity contribution is 0.0831. The van der Waals surface area contributed by atoms with Gasteiger partial charge in [-0.1, -0.05) is 35.3 Å². The summed E-state index contributed by atoms with van der Waals surface area (Å²) >= 11 is 12.3. The highest BCUT2D eigenvalue weighted by Crippen LogP contribution is 2.42. The van der Waals surface area contributed by atoms with E-state index in [1.54, 1.807) is 30.9 Å². The molecule has 7 nitrogen and oxygen atoms in total. The number of carbonyl (C=O) groups excluding carboxylic acids is 1. The van der Waals surface area contributed by atoms with Crippen molar-refractivity contribution in [2.24, 2.45) is 13.0 Å². The van der Waals surface area contributed by atoms with Crippen molar-refractivity contribution in [3.8, 4) is 28.4 Å². The van der Waals surface area contributed by atoms with Gasteiger partial charge in [-0.3, -0.25) is 10.2 Å². The molecule has 1 aliphatic rings. The van der Waals surface area contributed by atoms with Crippen LogP contribution < -0.4 is 19.8 Å². The molecule has 0 spiro atoms. The van der Waals surface area contributed by atoms with Crippen LogP contribution in [0, 0.1) is 11.3 Å². The molecule has 0 unspecified atom stereocenters. The summed E-state index contributed by atoms with van der Waals surface area (Å²) in [5.41, 5.74) is 4.29. The molecule has 9 heteroatoms. The summed E-state index contributed by atoms with van der Waals surface area (Å²) in [4.78, 5) is 13.8. The van der Waals surface area contributed by atoms with Crippen molar-refractivity contribution in [1.82, 2.24) is 9.13 Å². The maximum atomic E-state index is 13.8. The lowest BCUT2D eigenvalue weighted by Crippen LogP contribution is -2.30. The topological polar surface area (TPSA) is 78.5 Å². The van der Waals surface area contributed by atoms with E-state index in [0.29, 0.717) is 51.4 Å². The number of nitrogens with one attached hydrogen (secondary N) is 1. The number of ketones is 1. The molecule has 0 fully saturated rings. The number of ether oxygens (including phenoxy) is 3. The van der Waals surface area contributed by atoms with Gasteiger partial charge in [-0.15, -0.1) is 0 Å². The van der Waals surface area contributed by atoms with Crippen molar-refractivity contribution in [1.29, 1.82) is 5.41 Å². The van der Waals surface area contributed by atoms with Crippen molar-refractivity contribution in [2.75, 3.05) is 20.8 Å². The molecular weight excluding hydrogens is 525 g/mol. The van der Waals surface area contributed by atoms with E-state index in [4.69, 9.17) is 42.8 Å². The monoisotopic (exact) mass is 551 g/mol. The molecule has 0 bridgehead atoms. The molecule has 1 aromatic heterocycles. The zero-order chi connectivity index (χ0) is 27.0. The smallest absolute Gasteiger partial charge is 0.202 e. The first-order chi connectivity index (χ1) is 18.3. The van der Waals surface area contributed by atoms with Crippen LogP contribution in [0.4, 0.5) is 0 Å². The third kappa shape index (κ3) is 4.91. The number of Topliss-reactive ketones (excluding diaryl/α,β-unsaturated/α-hetero) is 1. The lowest BCUT2D eigenvalue weighted by Gasteiger charge is -2.27. The Hall–Kier alpha value is -3.68. The molecule has 0 radical (unpaired) electrons. The first-order valence-electron chi connectivity index (χ1n) is 12.1. The minimum absolute atomic E-state index is 0.00468. The lowest BCUT2D eigenvalue weighted by atomic mass is 9.86. The van der Waals surface area contributed by atoms with E-state index in [0.717, 1.165) is 22.3 Å². The van der Waals surface area contributed by atoms with Gasteiger partial charge in [0.25, 0.3) is 0 Å². The highest BCUT2D eigenvalue weighted by molar-refractivity contribution is 6.42. The fourth-order valence-corrected chi connectivity index (χ4v) is 5.09. The SMILES string of the molecule is COc1ccc(-c2cc(Cn3ccn(C)c3=N)cc3c2OC[C@@H](Cc2ccc(Cl)c(Cl)c2)C3=O)cc1OC. The second kappa shape index (κ2) is 10.6. The van der Waals surface area contributed by atoms with Gasteiger partial charge in [0, 0.05) is 25.0 Å². The minimum atomic E-state index is -0.371. The van der Waals surface area contributed by atoms with E-state index >= 15 is 0 Å². The van der Waals surface area contributed by atoms with E-state index in [2.05, 4.69) is 0 Å². The summed E-state index contributed by atoms with van der Waals surface area (Å²) in [5, 5.41) is 9.27. The molecule has 38 heavy (non-hydrogen) atoms. The fraction of sp³-hybridized carbons (Fsp3) is 0.241. The molecule has 2 heterocycles. The molecular formula is C29H27Cl2N3O4. The highest BCUT2D eigenvalue weighted by Gasteiger charge is 2.32. The van der Waals surface area contributed by atoms with Crippen LogP contribution in [0.25, 0.3) is 11.1 Å². The van der Waals surface area contributed by atoms with Crippen molar-refractivity contribution < 1.29 is 19.0 Å². The van der Waals surface area contributed by atoms with Crippen LogP contribution in [0.5, 0.6) is 17.2 Å². The molecule has 196 valence electrons. The maximum Gasteiger partial charge on any atom is 0.202 e. The van der Waals surface area contributed by atoms with Gasteiger partial charge < -0.3 is 23.3 Å². The average molecular weight is 552 g/mol. The van der Waals surface area contributed by atoms with Crippen molar-refractivity contribution >= 4 is 29.0 Å². The Morgan fingerprint density at radius 3 is 2.39 bits per heavy atom. The predicted octanol–water partition coefficient (Wildman–Crippen LogP) is 5.78. The number of carbonyl (C=O) groups is 1. The number of rotatable bonds is 7. The van der Waals surface area contributed by atoms with Gasteiger partial charge in [-0.25, -0.2) is 0 Å². The van der Waals surface area contributed by atoms with Gasteiger partial charge in [0.05, 0.1) is 48.9 Å². The Labute approximate surface area is 230 Å². The number of hydrogen-bond acceptors (Lipinski definition) is 5. The fourth-order valence-electron chi connectivity index (χ4n) is 4.77. The first-order valence-corrected chi connectivity index (χ1v) is 12.8. The average Bonchev–Trinajstić information content (AvgIpc) is 3.23. The van der Waals surface area contributed by atoms with Crippen LogP contribution in [0.3, 0.4) is 0 Å². The number of methoxy groups -OCH3 is 2. The van der Waals surface area contributed by atoms with Gasteiger partial charge in [0.15, 0.2) is 17.3 Å². The van der Waals surface area contributed by atoms with Crippen LogP contribution in [-0.4, -0.2) is 35.7 Å². The number of imidazole rings is 1. The number of fused-ring (bicyclic) bond motifs is 1. The van der Waals surface area contributed by atoms with Crippen molar-refractivity contribution in [3.05, 3.63) is 93.3 Å². The van der Waals surface area contributed by atoms with Crippen molar-refractivity contribution in [3.63, 3.8) is 0 Å². The molecule has 1 N–H and O–H groups in total. The summed E-state index contributed by atoms with van der Waals surface area (Å²) in [5.74, 6) is 1.36. The molecule has 4 aromatic rings. The highest BCUT2D eigenvalue weighted by atomic mass is 35.5. The van der Waals surface area contributed by atoms with Crippen molar-refractivity contribution in [2.45, 2.75) is 13.0 Å². The summed E-state index contributed by atoms with van der Waals surface area (Å²) in [7, 11) is 5.00. The Morgan fingerprint density at radius 2 is 1.71 bits per heavy atom. The molecule has 0 saturated heterocycles. The number of aromatic nitrogens is 2. The number of aryl methyl sites for hydroxylation is 1. The van der Waals surface area contributed by atoms with Crippen LogP contribution in [-0.2, 0) is 20.0 Å². The van der Waals surface area contributed by atoms with Crippen LogP contribution in [0.15, 0.2) is 60.9 Å². The Balaban J connectivity index is 1.58. The molecule has 1 atom stereocenters. The van der Waals surface area contributed by atoms with E-state index in [1.807, 2.05) is 60.4 Å². The third-order valence-corrected chi connectivity index (χ3v) is 7.54. The zero-order valence-corrected chi connectivity index (χ0v) is 22.8.